The summed E-state index contributed by atoms with van der Waals surface area (Å²) in [5.41, 5.74) is 4.15. The number of aryl methyl sites for hydroxylation is 2. The minimum atomic E-state index is 0.0200. The summed E-state index contributed by atoms with van der Waals surface area (Å²) in [5.74, 6) is 0. The van der Waals surface area contributed by atoms with Gasteiger partial charge in [0.25, 0.3) is 0 Å². The number of benzene rings is 1. The molecule has 1 N–H and O–H groups in total. The molecule has 20 heavy (non-hydrogen) atoms. The van der Waals surface area contributed by atoms with E-state index in [1.807, 2.05) is 26.0 Å². The van der Waals surface area contributed by atoms with Gasteiger partial charge in [-0.3, -0.25) is 4.98 Å². The highest BCUT2D eigenvalue weighted by Gasteiger charge is 2.17. The van der Waals surface area contributed by atoms with E-state index in [2.05, 4.69) is 29.4 Å². The average molecular weight is 309 g/mol. The normalized spacial score (nSPS) is 12.4. The van der Waals surface area contributed by atoms with Gasteiger partial charge in [0.15, 0.2) is 0 Å². The molecule has 2 nitrogen and oxygen atoms in total. The standard InChI is InChI=1S/C16H18Cl2N2/c1-4-19-16(12-7-10(2)20-11(3)8-12)14-9-13(17)5-6-15(14)18/h5-9,16,19H,4H2,1-3H3. The number of nitrogens with zero attached hydrogens (tertiary/aromatic N) is 1. The first kappa shape index (κ1) is 15.3. The van der Waals surface area contributed by atoms with Gasteiger partial charge in [-0.15, -0.1) is 0 Å². The van der Waals surface area contributed by atoms with Crippen LogP contribution >= 0.6 is 23.2 Å². The number of aromatic nitrogens is 1. The van der Waals surface area contributed by atoms with E-state index in [1.54, 1.807) is 6.07 Å². The van der Waals surface area contributed by atoms with Gasteiger partial charge in [-0.2, -0.15) is 0 Å². The lowest BCUT2D eigenvalue weighted by molar-refractivity contribution is 0.629. The molecular weight excluding hydrogens is 291 g/mol. The molecule has 1 unspecified atom stereocenters. The van der Waals surface area contributed by atoms with Crippen molar-refractivity contribution in [2.24, 2.45) is 0 Å². The van der Waals surface area contributed by atoms with Gasteiger partial charge in [-0.1, -0.05) is 30.1 Å². The molecule has 0 bridgehead atoms. The lowest BCUT2D eigenvalue weighted by atomic mass is 9.98. The van der Waals surface area contributed by atoms with Gasteiger partial charge in [0.05, 0.1) is 6.04 Å². The lowest BCUT2D eigenvalue weighted by Gasteiger charge is -2.21. The summed E-state index contributed by atoms with van der Waals surface area (Å²) in [6.45, 7) is 6.92. The molecule has 0 saturated carbocycles. The molecule has 0 spiro atoms. The number of hydrogen-bond acceptors (Lipinski definition) is 2. The highest BCUT2D eigenvalue weighted by Crippen LogP contribution is 2.31. The van der Waals surface area contributed by atoms with Gasteiger partial charge in [0, 0.05) is 21.4 Å². The van der Waals surface area contributed by atoms with E-state index in [0.29, 0.717) is 10.0 Å². The number of nitrogens with one attached hydrogen (secondary N) is 1. The Morgan fingerprint density at radius 2 is 1.75 bits per heavy atom. The quantitative estimate of drug-likeness (QED) is 0.885. The maximum Gasteiger partial charge on any atom is 0.0593 e. The zero-order chi connectivity index (χ0) is 14.7. The molecule has 0 amide bonds. The van der Waals surface area contributed by atoms with E-state index in [9.17, 15) is 0 Å². The van der Waals surface area contributed by atoms with E-state index < -0.39 is 0 Å². The molecular formula is C16H18Cl2N2. The van der Waals surface area contributed by atoms with Crippen LogP contribution in [0.5, 0.6) is 0 Å². The molecule has 1 aromatic carbocycles. The third-order valence-corrected chi connectivity index (χ3v) is 3.69. The number of rotatable bonds is 4. The second-order valence-corrected chi connectivity index (χ2v) is 5.68. The zero-order valence-corrected chi connectivity index (χ0v) is 13.4. The maximum atomic E-state index is 6.34. The zero-order valence-electron chi connectivity index (χ0n) is 11.9. The summed E-state index contributed by atoms with van der Waals surface area (Å²) >= 11 is 12.5. The van der Waals surface area contributed by atoms with Crippen LogP contribution in [-0.2, 0) is 0 Å². The highest BCUT2D eigenvalue weighted by atomic mass is 35.5. The minimum Gasteiger partial charge on any atom is -0.306 e. The van der Waals surface area contributed by atoms with Crippen molar-refractivity contribution in [1.29, 1.82) is 0 Å². The third-order valence-electron chi connectivity index (χ3n) is 3.11. The van der Waals surface area contributed by atoms with Crippen LogP contribution in [0.1, 0.15) is 35.5 Å². The predicted octanol–water partition coefficient (Wildman–Crippen LogP) is 4.70. The molecule has 0 radical (unpaired) electrons. The van der Waals surface area contributed by atoms with Gasteiger partial charge in [0.1, 0.15) is 0 Å². The van der Waals surface area contributed by atoms with Crippen molar-refractivity contribution in [3.63, 3.8) is 0 Å². The van der Waals surface area contributed by atoms with Crippen LogP contribution in [-0.4, -0.2) is 11.5 Å². The summed E-state index contributed by atoms with van der Waals surface area (Å²) in [7, 11) is 0. The second-order valence-electron chi connectivity index (χ2n) is 4.84. The Kier molecular flexibility index (Phi) is 5.03. The van der Waals surface area contributed by atoms with E-state index in [0.717, 1.165) is 29.1 Å². The molecule has 1 heterocycles. The van der Waals surface area contributed by atoms with Gasteiger partial charge in [0.2, 0.25) is 0 Å². The summed E-state index contributed by atoms with van der Waals surface area (Å²) in [5, 5.41) is 4.87. The van der Waals surface area contributed by atoms with E-state index >= 15 is 0 Å². The first-order chi connectivity index (χ1) is 9.51. The van der Waals surface area contributed by atoms with Crippen molar-refractivity contribution < 1.29 is 0 Å². The fourth-order valence-corrected chi connectivity index (χ4v) is 2.79. The second kappa shape index (κ2) is 6.57. The van der Waals surface area contributed by atoms with Crippen LogP contribution in [0.15, 0.2) is 30.3 Å². The van der Waals surface area contributed by atoms with Crippen LogP contribution in [0.25, 0.3) is 0 Å². The SMILES string of the molecule is CCNC(c1cc(C)nc(C)c1)c1cc(Cl)ccc1Cl. The number of halogens is 2. The lowest BCUT2D eigenvalue weighted by Crippen LogP contribution is -2.22. The van der Waals surface area contributed by atoms with Crippen molar-refractivity contribution in [3.05, 3.63) is 62.9 Å². The molecule has 0 aliphatic rings. The monoisotopic (exact) mass is 308 g/mol. The summed E-state index contributed by atoms with van der Waals surface area (Å²) in [4.78, 5) is 4.42. The van der Waals surface area contributed by atoms with Crippen molar-refractivity contribution in [2.45, 2.75) is 26.8 Å². The molecule has 106 valence electrons. The average Bonchev–Trinajstić information content (AvgIpc) is 2.38. The highest BCUT2D eigenvalue weighted by molar-refractivity contribution is 6.33. The molecule has 2 aromatic rings. The van der Waals surface area contributed by atoms with E-state index in [1.165, 1.54) is 0 Å². The van der Waals surface area contributed by atoms with Crippen LogP contribution in [0.4, 0.5) is 0 Å². The summed E-state index contributed by atoms with van der Waals surface area (Å²) in [6, 6.07) is 9.74. The molecule has 0 saturated heterocycles. The van der Waals surface area contributed by atoms with E-state index in [-0.39, 0.29) is 6.04 Å². The first-order valence-corrected chi connectivity index (χ1v) is 7.40. The summed E-state index contributed by atoms with van der Waals surface area (Å²) < 4.78 is 0. The smallest absolute Gasteiger partial charge is 0.0593 e. The van der Waals surface area contributed by atoms with Crippen molar-refractivity contribution >= 4 is 23.2 Å². The van der Waals surface area contributed by atoms with Crippen LogP contribution < -0.4 is 5.32 Å². The molecule has 0 fully saturated rings. The topological polar surface area (TPSA) is 24.9 Å². The third kappa shape index (κ3) is 3.51. The Balaban J connectivity index is 2.52. The van der Waals surface area contributed by atoms with E-state index in [4.69, 9.17) is 23.2 Å². The molecule has 1 atom stereocenters. The Labute approximate surface area is 130 Å². The first-order valence-electron chi connectivity index (χ1n) is 6.64. The van der Waals surface area contributed by atoms with Gasteiger partial charge in [-0.05, 0) is 61.9 Å². The Morgan fingerprint density at radius 3 is 2.35 bits per heavy atom. The van der Waals surface area contributed by atoms with Gasteiger partial charge >= 0.3 is 0 Å². The number of pyridine rings is 1. The van der Waals surface area contributed by atoms with Crippen molar-refractivity contribution in [3.8, 4) is 0 Å². The molecule has 1 aromatic heterocycles. The number of hydrogen-bond donors (Lipinski definition) is 1. The molecule has 2 rings (SSSR count). The van der Waals surface area contributed by atoms with Crippen LogP contribution in [0.2, 0.25) is 10.0 Å². The predicted molar refractivity (Wildman–Crippen MR) is 85.7 cm³/mol. The fourth-order valence-electron chi connectivity index (χ4n) is 2.38. The minimum absolute atomic E-state index is 0.0200. The van der Waals surface area contributed by atoms with Crippen molar-refractivity contribution in [1.82, 2.24) is 10.3 Å². The van der Waals surface area contributed by atoms with Crippen LogP contribution in [0.3, 0.4) is 0 Å². The maximum absolute atomic E-state index is 6.34. The Bertz CT molecular complexity index is 591. The van der Waals surface area contributed by atoms with Gasteiger partial charge in [-0.25, -0.2) is 0 Å². The van der Waals surface area contributed by atoms with Gasteiger partial charge < -0.3 is 5.32 Å². The summed E-state index contributed by atoms with van der Waals surface area (Å²) in [6.07, 6.45) is 0. The van der Waals surface area contributed by atoms with Crippen molar-refractivity contribution in [2.75, 3.05) is 6.54 Å². The molecule has 0 aliphatic heterocycles. The fraction of sp³-hybridized carbons (Fsp3) is 0.312. The van der Waals surface area contributed by atoms with Crippen LogP contribution in [0, 0.1) is 13.8 Å². The molecule has 0 aliphatic carbocycles. The Morgan fingerprint density at radius 1 is 1.10 bits per heavy atom. The molecule has 4 heteroatoms. The Hall–Kier alpha value is -1.09. The largest absolute Gasteiger partial charge is 0.306 e.